The molecule has 1 atom stereocenters. The van der Waals surface area contributed by atoms with Gasteiger partial charge in [-0.2, -0.15) is 5.26 Å². The van der Waals surface area contributed by atoms with Gasteiger partial charge in [-0.25, -0.2) is 13.4 Å². The molecule has 0 saturated heterocycles. The molecule has 86 valence electrons. The number of hydrogen-bond acceptors (Lipinski definition) is 4. The van der Waals surface area contributed by atoms with E-state index in [1.54, 1.807) is 25.1 Å². The molecule has 0 aliphatic carbocycles. The maximum Gasteiger partial charge on any atom is 0.250 e. The predicted molar refractivity (Wildman–Crippen MR) is 64.2 cm³/mol. The molecular weight excluding hydrogens is 294 g/mol. The van der Waals surface area contributed by atoms with E-state index in [4.69, 9.17) is 5.26 Å². The van der Waals surface area contributed by atoms with Crippen molar-refractivity contribution in [3.05, 3.63) is 22.8 Å². The zero-order chi connectivity index (χ0) is 12.2. The number of hydrogen-bond donors (Lipinski definition) is 1. The van der Waals surface area contributed by atoms with Crippen LogP contribution in [0.1, 0.15) is 13.3 Å². The largest absolute Gasteiger partial charge is 0.265 e. The normalized spacial score (nSPS) is 12.8. The Morgan fingerprint density at radius 2 is 2.38 bits per heavy atom. The van der Waals surface area contributed by atoms with E-state index in [-0.39, 0.29) is 12.2 Å². The molecule has 0 amide bonds. The first-order valence-electron chi connectivity index (χ1n) is 4.53. The maximum atomic E-state index is 11.7. The second-order valence-electron chi connectivity index (χ2n) is 3.01. The van der Waals surface area contributed by atoms with Crippen molar-refractivity contribution in [3.63, 3.8) is 0 Å². The van der Waals surface area contributed by atoms with Crippen LogP contribution in [0.15, 0.2) is 22.8 Å². The van der Waals surface area contributed by atoms with Crippen LogP contribution in [0.5, 0.6) is 0 Å². The summed E-state index contributed by atoms with van der Waals surface area (Å²) in [6, 6.07) is 5.07. The van der Waals surface area contributed by atoms with E-state index in [0.717, 1.165) is 0 Å². The van der Waals surface area contributed by atoms with E-state index in [0.29, 0.717) is 4.47 Å². The molecule has 1 unspecified atom stereocenters. The highest BCUT2D eigenvalue weighted by molar-refractivity contribution is 9.10. The summed E-state index contributed by atoms with van der Waals surface area (Å²) in [5.41, 5.74) is 0. The summed E-state index contributed by atoms with van der Waals surface area (Å²) in [7, 11) is -3.70. The van der Waals surface area contributed by atoms with E-state index in [1.165, 1.54) is 6.20 Å². The second-order valence-corrected chi connectivity index (χ2v) is 5.72. The topological polar surface area (TPSA) is 82.8 Å². The first-order chi connectivity index (χ1) is 7.51. The summed E-state index contributed by atoms with van der Waals surface area (Å²) in [4.78, 5) is 3.87. The molecule has 16 heavy (non-hydrogen) atoms. The van der Waals surface area contributed by atoms with Gasteiger partial charge in [0.15, 0.2) is 11.1 Å². The number of rotatable bonds is 4. The number of nitriles is 1. The molecule has 5 nitrogen and oxygen atoms in total. The monoisotopic (exact) mass is 303 g/mol. The molecule has 0 bridgehead atoms. The van der Waals surface area contributed by atoms with Crippen LogP contribution in [-0.4, -0.2) is 18.7 Å². The third kappa shape index (κ3) is 2.93. The van der Waals surface area contributed by atoms with Crippen molar-refractivity contribution in [3.8, 4) is 6.07 Å². The molecule has 0 saturated carbocycles. The first-order valence-corrected chi connectivity index (χ1v) is 6.87. The van der Waals surface area contributed by atoms with Gasteiger partial charge in [0.1, 0.15) is 0 Å². The van der Waals surface area contributed by atoms with Crippen molar-refractivity contribution in [1.29, 1.82) is 5.26 Å². The number of halogens is 1. The number of nitrogens with zero attached hydrogens (tertiary/aromatic N) is 2. The minimum Gasteiger partial charge on any atom is -0.265 e. The quantitative estimate of drug-likeness (QED) is 0.920. The smallest absolute Gasteiger partial charge is 0.250 e. The second kappa shape index (κ2) is 5.27. The molecule has 0 spiro atoms. The van der Waals surface area contributed by atoms with Crippen LogP contribution < -0.4 is 4.72 Å². The fourth-order valence-corrected chi connectivity index (χ4v) is 2.68. The van der Waals surface area contributed by atoms with Gasteiger partial charge in [0, 0.05) is 6.20 Å². The fourth-order valence-electron chi connectivity index (χ4n) is 1.05. The molecule has 0 fully saturated rings. The molecule has 1 aromatic rings. The Bertz CT molecular complexity index is 510. The van der Waals surface area contributed by atoms with Crippen molar-refractivity contribution in [2.75, 3.05) is 4.72 Å². The number of nitrogens with one attached hydrogen (secondary N) is 1. The van der Waals surface area contributed by atoms with Gasteiger partial charge in [-0.3, -0.25) is 4.72 Å². The third-order valence-electron chi connectivity index (χ3n) is 1.89. The van der Waals surface area contributed by atoms with Crippen LogP contribution in [0.25, 0.3) is 0 Å². The van der Waals surface area contributed by atoms with Gasteiger partial charge >= 0.3 is 0 Å². The van der Waals surface area contributed by atoms with Gasteiger partial charge in [-0.05, 0) is 34.5 Å². The van der Waals surface area contributed by atoms with Gasteiger partial charge in [0.05, 0.1) is 10.5 Å². The van der Waals surface area contributed by atoms with Crippen LogP contribution in [0, 0.1) is 11.3 Å². The predicted octanol–water partition coefficient (Wildman–Crippen LogP) is 1.89. The summed E-state index contributed by atoms with van der Waals surface area (Å²) in [5, 5.41) is 7.64. The third-order valence-corrected chi connectivity index (χ3v) is 4.19. The molecule has 1 heterocycles. The van der Waals surface area contributed by atoms with E-state index >= 15 is 0 Å². The van der Waals surface area contributed by atoms with Gasteiger partial charge in [-0.1, -0.05) is 6.92 Å². The minimum atomic E-state index is -3.70. The lowest BCUT2D eigenvalue weighted by Gasteiger charge is -2.11. The van der Waals surface area contributed by atoms with Crippen molar-refractivity contribution >= 4 is 31.8 Å². The fraction of sp³-hybridized carbons (Fsp3) is 0.333. The molecule has 0 aromatic carbocycles. The van der Waals surface area contributed by atoms with Gasteiger partial charge in [0.25, 0.3) is 0 Å². The highest BCUT2D eigenvalue weighted by Crippen LogP contribution is 2.20. The Labute approximate surface area is 103 Å². The van der Waals surface area contributed by atoms with Crippen molar-refractivity contribution in [1.82, 2.24) is 4.98 Å². The van der Waals surface area contributed by atoms with Crippen molar-refractivity contribution in [2.24, 2.45) is 0 Å². The SMILES string of the molecule is CCC(C#N)S(=O)(=O)Nc1ncccc1Br. The number of anilines is 1. The molecule has 0 aliphatic rings. The Morgan fingerprint density at radius 1 is 1.69 bits per heavy atom. The standard InChI is InChI=1S/C9H10BrN3O2S/c1-2-7(6-11)16(14,15)13-9-8(10)4-3-5-12-9/h3-5,7H,2H2,1H3,(H,12,13). The van der Waals surface area contributed by atoms with E-state index in [1.807, 2.05) is 0 Å². The minimum absolute atomic E-state index is 0.191. The van der Waals surface area contributed by atoms with E-state index in [9.17, 15) is 8.42 Å². The summed E-state index contributed by atoms with van der Waals surface area (Å²) in [6.45, 7) is 1.64. The van der Waals surface area contributed by atoms with Crippen LogP contribution in [-0.2, 0) is 10.0 Å². The zero-order valence-electron chi connectivity index (χ0n) is 8.51. The van der Waals surface area contributed by atoms with Crippen LogP contribution in [0.3, 0.4) is 0 Å². The lowest BCUT2D eigenvalue weighted by molar-refractivity contribution is 0.592. The molecule has 0 aliphatic heterocycles. The maximum absolute atomic E-state index is 11.7. The average molecular weight is 304 g/mol. The molecular formula is C9H10BrN3O2S. The zero-order valence-corrected chi connectivity index (χ0v) is 10.9. The molecule has 1 N–H and O–H groups in total. The van der Waals surface area contributed by atoms with Crippen molar-refractivity contribution in [2.45, 2.75) is 18.6 Å². The van der Waals surface area contributed by atoms with E-state index in [2.05, 4.69) is 25.6 Å². The molecule has 1 rings (SSSR count). The lowest BCUT2D eigenvalue weighted by Crippen LogP contribution is -2.26. The van der Waals surface area contributed by atoms with Crippen molar-refractivity contribution < 1.29 is 8.42 Å². The summed E-state index contributed by atoms with van der Waals surface area (Å²) < 4.78 is 26.3. The Hall–Kier alpha value is -1.13. The highest BCUT2D eigenvalue weighted by Gasteiger charge is 2.24. The van der Waals surface area contributed by atoms with E-state index < -0.39 is 15.3 Å². The number of aromatic nitrogens is 1. The Kier molecular flexibility index (Phi) is 4.26. The van der Waals surface area contributed by atoms with Crippen LogP contribution in [0.4, 0.5) is 5.82 Å². The van der Waals surface area contributed by atoms with Gasteiger partial charge in [0.2, 0.25) is 10.0 Å². The Morgan fingerprint density at radius 3 is 2.88 bits per heavy atom. The van der Waals surface area contributed by atoms with Crippen LogP contribution in [0.2, 0.25) is 0 Å². The van der Waals surface area contributed by atoms with Gasteiger partial charge in [-0.15, -0.1) is 0 Å². The average Bonchev–Trinajstić information content (AvgIpc) is 2.22. The summed E-state index contributed by atoms with van der Waals surface area (Å²) in [6.07, 6.45) is 1.70. The lowest BCUT2D eigenvalue weighted by atomic mass is 10.4. The summed E-state index contributed by atoms with van der Waals surface area (Å²) >= 11 is 3.17. The highest BCUT2D eigenvalue weighted by atomic mass is 79.9. The summed E-state index contributed by atoms with van der Waals surface area (Å²) in [5.74, 6) is 0.191. The number of pyridine rings is 1. The first kappa shape index (κ1) is 12.9. The molecule has 0 radical (unpaired) electrons. The molecule has 7 heteroatoms. The Balaban J connectivity index is 2.99. The molecule has 1 aromatic heterocycles. The number of sulfonamides is 1. The van der Waals surface area contributed by atoms with Crippen LogP contribution >= 0.6 is 15.9 Å². The van der Waals surface area contributed by atoms with Gasteiger partial charge < -0.3 is 0 Å².